The minimum absolute atomic E-state index is 0. The zero-order valence-electron chi connectivity index (χ0n) is 10.7. The first-order valence-electron chi connectivity index (χ1n) is 4.84. The predicted molar refractivity (Wildman–Crippen MR) is 74.2 cm³/mol. The summed E-state index contributed by atoms with van der Waals surface area (Å²) in [4.78, 5) is 0.201. The van der Waals surface area contributed by atoms with Gasteiger partial charge < -0.3 is 14.5 Å². The van der Waals surface area contributed by atoms with E-state index in [0.29, 0.717) is 22.0 Å². The quantitative estimate of drug-likeness (QED) is 0.0988. The molecular formula is C9H10INaO7S2. The first-order valence-corrected chi connectivity index (χ1v) is 8.69. The van der Waals surface area contributed by atoms with Crippen LogP contribution >= 0.6 is 34.6 Å². The summed E-state index contributed by atoms with van der Waals surface area (Å²) in [5.74, 6) is -0.390. The van der Waals surface area contributed by atoms with E-state index in [1.54, 1.807) is 6.92 Å². The fourth-order valence-electron chi connectivity index (χ4n) is 1.13. The number of phenols is 1. The first-order chi connectivity index (χ1) is 8.89. The Balaban J connectivity index is 0.00000361. The molecule has 1 N–H and O–H groups in total. The number of hydrogen-bond donors (Lipinski definition) is 1. The van der Waals surface area contributed by atoms with E-state index < -0.39 is 10.1 Å². The second-order valence-corrected chi connectivity index (χ2v) is 6.85. The molecule has 7 nitrogen and oxygen atoms in total. The van der Waals surface area contributed by atoms with Crippen LogP contribution in [0.15, 0.2) is 17.0 Å². The van der Waals surface area contributed by atoms with Crippen LogP contribution in [0.3, 0.4) is 0 Å². The van der Waals surface area contributed by atoms with Crippen molar-refractivity contribution in [3.63, 3.8) is 0 Å². The van der Waals surface area contributed by atoms with Crippen LogP contribution in [0.25, 0.3) is 0 Å². The van der Waals surface area contributed by atoms with Crippen LogP contribution in [0.1, 0.15) is 5.56 Å². The molecule has 1 aromatic carbocycles. The zero-order valence-corrected chi connectivity index (χ0v) is 16.5. The zero-order chi connectivity index (χ0) is 14.5. The Hall–Kier alpha value is 0.730. The van der Waals surface area contributed by atoms with Gasteiger partial charge in [0, 0.05) is 10.5 Å². The molecule has 0 spiro atoms. The Morgan fingerprint density at radius 3 is 2.65 bits per heavy atom. The number of rotatable bonds is 7. The summed E-state index contributed by atoms with van der Waals surface area (Å²) >= 11 is 2.43. The van der Waals surface area contributed by atoms with E-state index in [4.69, 9.17) is 4.18 Å². The van der Waals surface area contributed by atoms with Crippen LogP contribution in [-0.4, -0.2) is 23.7 Å². The number of benzene rings is 1. The van der Waals surface area contributed by atoms with Crippen molar-refractivity contribution in [3.05, 3.63) is 17.7 Å². The summed E-state index contributed by atoms with van der Waals surface area (Å²) in [5, 5.41) is 22.5. The van der Waals surface area contributed by atoms with Crippen molar-refractivity contribution in [2.45, 2.75) is 11.8 Å². The van der Waals surface area contributed by atoms with Gasteiger partial charge in [-0.05, 0) is 18.6 Å². The Morgan fingerprint density at radius 1 is 1.45 bits per heavy atom. The molecule has 0 atom stereocenters. The number of phenolic OH excluding ortho intramolecular Hbond substituents is 1. The third-order valence-corrected chi connectivity index (χ3v) is 4.99. The fraction of sp³-hybridized carbons (Fsp3) is 0.333. The Labute approximate surface area is 156 Å². The normalized spacial score (nSPS) is 10.9. The number of hydrogen-bond acceptors (Lipinski definition) is 8. The van der Waals surface area contributed by atoms with Gasteiger partial charge in [-0.2, -0.15) is 12.8 Å². The smallest absolute Gasteiger partial charge is 0.691 e. The van der Waals surface area contributed by atoms with Crippen molar-refractivity contribution in [1.82, 2.24) is 0 Å². The molecule has 1 aromatic rings. The first kappa shape index (κ1) is 20.7. The standard InChI is InChI=1S/C9H11IO7S2.Na/c1-6-4-9(18-17-16-12)7(11)5-8(6)15-19(13,14)3-2-10;/h4-5,11-12H,2-3H2,1H3;/q;+1/p-1. The van der Waals surface area contributed by atoms with E-state index in [1.807, 2.05) is 22.6 Å². The van der Waals surface area contributed by atoms with Crippen molar-refractivity contribution in [1.29, 1.82) is 0 Å². The van der Waals surface area contributed by atoms with Crippen LogP contribution < -0.4 is 39.0 Å². The van der Waals surface area contributed by atoms with Gasteiger partial charge in [0.2, 0.25) is 0 Å². The van der Waals surface area contributed by atoms with Crippen LogP contribution in [0.4, 0.5) is 0 Å². The Kier molecular flexibility index (Phi) is 10.0. The van der Waals surface area contributed by atoms with Gasteiger partial charge in [-0.1, -0.05) is 22.6 Å². The third kappa shape index (κ3) is 6.66. The van der Waals surface area contributed by atoms with Crippen molar-refractivity contribution in [3.8, 4) is 11.5 Å². The van der Waals surface area contributed by atoms with Gasteiger partial charge in [0.1, 0.15) is 11.5 Å². The van der Waals surface area contributed by atoms with E-state index in [2.05, 4.69) is 9.37 Å². The maximum atomic E-state index is 11.5. The van der Waals surface area contributed by atoms with E-state index in [1.165, 1.54) is 6.07 Å². The monoisotopic (exact) mass is 444 g/mol. The fourth-order valence-corrected chi connectivity index (χ4v) is 3.94. The number of aromatic hydroxyl groups is 1. The van der Waals surface area contributed by atoms with Crippen LogP contribution in [0.5, 0.6) is 11.5 Å². The van der Waals surface area contributed by atoms with Gasteiger partial charge in [-0.3, -0.25) is 5.04 Å². The van der Waals surface area contributed by atoms with Crippen molar-refractivity contribution < 1.29 is 61.9 Å². The number of aryl methyl sites for hydroxylation is 1. The molecule has 0 heterocycles. The molecule has 0 aliphatic rings. The molecule has 108 valence electrons. The maximum Gasteiger partial charge on any atom is 1.00 e. The molecule has 11 heteroatoms. The molecule has 0 aliphatic carbocycles. The summed E-state index contributed by atoms with van der Waals surface area (Å²) < 4.78 is 32.4. The summed E-state index contributed by atoms with van der Waals surface area (Å²) in [5.41, 5.74) is 0.465. The molecule has 0 amide bonds. The summed E-state index contributed by atoms with van der Waals surface area (Å²) in [6.45, 7) is 1.59. The predicted octanol–water partition coefficient (Wildman–Crippen LogP) is -1.92. The SMILES string of the molecule is Cc1cc(SOO[O-])c(O)cc1OS(=O)(=O)CCI.[Na+]. The van der Waals surface area contributed by atoms with Gasteiger partial charge in [0.25, 0.3) is 0 Å². The molecular weight excluding hydrogens is 434 g/mol. The van der Waals surface area contributed by atoms with Gasteiger partial charge in [-0.25, -0.2) is 0 Å². The maximum absolute atomic E-state index is 11.5. The summed E-state index contributed by atoms with van der Waals surface area (Å²) in [7, 11) is -3.69. The second-order valence-electron chi connectivity index (χ2n) is 3.34. The molecule has 0 saturated heterocycles. The van der Waals surface area contributed by atoms with E-state index in [-0.39, 0.29) is 51.7 Å². The minimum Gasteiger partial charge on any atom is -0.691 e. The molecule has 0 unspecified atom stereocenters. The molecule has 0 radical (unpaired) electrons. The van der Waals surface area contributed by atoms with E-state index in [9.17, 15) is 18.8 Å². The molecule has 0 bridgehead atoms. The van der Waals surface area contributed by atoms with Crippen LogP contribution in [0, 0.1) is 6.92 Å². The minimum atomic E-state index is -3.69. The Bertz CT molecular complexity index is 537. The van der Waals surface area contributed by atoms with Gasteiger partial charge in [-0.15, -0.1) is 0 Å². The second kappa shape index (κ2) is 9.69. The van der Waals surface area contributed by atoms with E-state index in [0.717, 1.165) is 6.07 Å². The van der Waals surface area contributed by atoms with Crippen molar-refractivity contribution in [2.75, 3.05) is 10.2 Å². The van der Waals surface area contributed by atoms with Crippen molar-refractivity contribution in [2.24, 2.45) is 0 Å². The Morgan fingerprint density at radius 2 is 2.10 bits per heavy atom. The van der Waals surface area contributed by atoms with Gasteiger partial charge >= 0.3 is 39.7 Å². The van der Waals surface area contributed by atoms with Gasteiger partial charge in [0.05, 0.1) is 22.7 Å². The average molecular weight is 444 g/mol. The van der Waals surface area contributed by atoms with Crippen molar-refractivity contribution >= 4 is 44.8 Å². The molecule has 1 rings (SSSR count). The largest absolute Gasteiger partial charge is 1.00 e. The van der Waals surface area contributed by atoms with E-state index >= 15 is 0 Å². The molecule has 20 heavy (non-hydrogen) atoms. The van der Waals surface area contributed by atoms with Crippen LogP contribution in [0.2, 0.25) is 0 Å². The number of alkyl halides is 1. The summed E-state index contributed by atoms with van der Waals surface area (Å²) in [6.07, 6.45) is 0. The van der Waals surface area contributed by atoms with Crippen LogP contribution in [-0.2, 0) is 19.5 Å². The molecule has 0 saturated carbocycles. The molecule has 0 aliphatic heterocycles. The summed E-state index contributed by atoms with van der Waals surface area (Å²) in [6, 6.07) is 2.55. The number of halogens is 1. The topological polar surface area (TPSA) is 105 Å². The average Bonchev–Trinajstić information content (AvgIpc) is 2.31. The molecule has 0 fully saturated rings. The third-order valence-electron chi connectivity index (χ3n) is 1.95. The molecule has 0 aromatic heterocycles. The van der Waals surface area contributed by atoms with Gasteiger partial charge in [0.15, 0.2) is 0 Å².